The predicted molar refractivity (Wildman–Crippen MR) is 155 cm³/mol. The predicted octanol–water partition coefficient (Wildman–Crippen LogP) is 6.81. The minimum atomic E-state index is 0.196. The van der Waals surface area contributed by atoms with E-state index in [0.29, 0.717) is 18.4 Å². The normalized spacial score (nSPS) is 19.2. The molecular weight excluding hydrogens is 468 g/mol. The van der Waals surface area contributed by atoms with E-state index in [1.165, 1.54) is 30.5 Å². The van der Waals surface area contributed by atoms with E-state index in [9.17, 15) is 4.79 Å². The van der Waals surface area contributed by atoms with Gasteiger partial charge in [-0.3, -0.25) is 4.79 Å². The molecule has 0 bridgehead atoms. The minimum absolute atomic E-state index is 0.196. The molecule has 0 aromatic heterocycles. The Balaban J connectivity index is 1.11. The van der Waals surface area contributed by atoms with Crippen LogP contribution in [0.5, 0.6) is 5.75 Å². The van der Waals surface area contributed by atoms with E-state index in [4.69, 9.17) is 4.74 Å². The number of carbonyl (C=O) groups excluding carboxylic acids is 1. The number of nitrogens with zero attached hydrogens (tertiary/aromatic N) is 2. The molecule has 200 valence electrons. The number of piperidine rings is 1. The van der Waals surface area contributed by atoms with Crippen molar-refractivity contribution in [1.82, 2.24) is 9.80 Å². The van der Waals surface area contributed by atoms with Crippen molar-refractivity contribution in [3.8, 4) is 5.75 Å². The van der Waals surface area contributed by atoms with E-state index >= 15 is 0 Å². The number of hydrogen-bond acceptors (Lipinski definition) is 4. The quantitative estimate of drug-likeness (QED) is 0.265. The summed E-state index contributed by atoms with van der Waals surface area (Å²) in [6, 6.07) is 30.2. The topological polar surface area (TPSA) is 32.8 Å². The Morgan fingerprint density at radius 2 is 1.55 bits per heavy atom. The SMILES string of the molecule is CN1CCCC1CCCC(=O)c1cccc(OC2CCN(CC(c3ccccc3)c3ccccc3)CC2)c1. The maximum Gasteiger partial charge on any atom is 0.163 e. The highest BCUT2D eigenvalue weighted by molar-refractivity contribution is 5.96. The summed E-state index contributed by atoms with van der Waals surface area (Å²) >= 11 is 0. The van der Waals surface area contributed by atoms with Crippen LogP contribution in [-0.2, 0) is 0 Å². The van der Waals surface area contributed by atoms with Gasteiger partial charge >= 0.3 is 0 Å². The van der Waals surface area contributed by atoms with Crippen molar-refractivity contribution in [3.05, 3.63) is 102 Å². The van der Waals surface area contributed by atoms with Gasteiger partial charge in [-0.15, -0.1) is 0 Å². The van der Waals surface area contributed by atoms with Gasteiger partial charge in [0.05, 0.1) is 0 Å². The molecule has 4 nitrogen and oxygen atoms in total. The molecule has 0 N–H and O–H groups in total. The second-order valence-electron chi connectivity index (χ2n) is 11.1. The summed E-state index contributed by atoms with van der Waals surface area (Å²) in [5, 5.41) is 0. The number of benzene rings is 3. The third-order valence-electron chi connectivity index (χ3n) is 8.45. The highest BCUT2D eigenvalue weighted by atomic mass is 16.5. The minimum Gasteiger partial charge on any atom is -0.490 e. The molecule has 2 aliphatic rings. The maximum atomic E-state index is 12.8. The molecule has 4 heteroatoms. The lowest BCUT2D eigenvalue weighted by molar-refractivity contribution is 0.0958. The van der Waals surface area contributed by atoms with Crippen LogP contribution in [0.1, 0.15) is 72.3 Å². The van der Waals surface area contributed by atoms with Crippen molar-refractivity contribution >= 4 is 5.78 Å². The summed E-state index contributed by atoms with van der Waals surface area (Å²) in [7, 11) is 2.20. The fraction of sp³-hybridized carbons (Fsp3) is 0.441. The number of Topliss-reactive ketones (excluding diaryl/α,β-unsaturated/α-hetero) is 1. The van der Waals surface area contributed by atoms with E-state index in [2.05, 4.69) is 77.5 Å². The largest absolute Gasteiger partial charge is 0.490 e. The maximum absolute atomic E-state index is 12.8. The van der Waals surface area contributed by atoms with Crippen LogP contribution >= 0.6 is 0 Å². The average Bonchev–Trinajstić information content (AvgIpc) is 3.38. The molecule has 3 aromatic carbocycles. The van der Waals surface area contributed by atoms with Gasteiger partial charge in [-0.1, -0.05) is 72.8 Å². The smallest absolute Gasteiger partial charge is 0.163 e. The van der Waals surface area contributed by atoms with Crippen molar-refractivity contribution in [3.63, 3.8) is 0 Å². The van der Waals surface area contributed by atoms with Gasteiger partial charge in [0.15, 0.2) is 5.78 Å². The molecule has 0 amide bonds. The summed E-state index contributed by atoms with van der Waals surface area (Å²) in [5.74, 6) is 1.43. The zero-order valence-corrected chi connectivity index (χ0v) is 22.8. The van der Waals surface area contributed by atoms with Gasteiger partial charge in [0.1, 0.15) is 11.9 Å². The molecule has 2 fully saturated rings. The first-order chi connectivity index (χ1) is 18.7. The van der Waals surface area contributed by atoms with Crippen LogP contribution in [0.3, 0.4) is 0 Å². The van der Waals surface area contributed by atoms with Gasteiger partial charge in [0.2, 0.25) is 0 Å². The van der Waals surface area contributed by atoms with Crippen molar-refractivity contribution < 1.29 is 9.53 Å². The summed E-state index contributed by atoms with van der Waals surface area (Å²) in [6.45, 7) is 4.25. The molecule has 5 rings (SSSR count). The lowest BCUT2D eigenvalue weighted by atomic mass is 9.90. The number of likely N-dealkylation sites (tertiary alicyclic amines) is 2. The summed E-state index contributed by atoms with van der Waals surface area (Å²) in [4.78, 5) is 17.9. The van der Waals surface area contributed by atoms with Gasteiger partial charge < -0.3 is 14.5 Å². The van der Waals surface area contributed by atoms with E-state index in [1.54, 1.807) is 0 Å². The van der Waals surface area contributed by atoms with Crippen molar-refractivity contribution in [2.45, 2.75) is 63.0 Å². The first-order valence-corrected chi connectivity index (χ1v) is 14.5. The van der Waals surface area contributed by atoms with Crippen LogP contribution in [0.4, 0.5) is 0 Å². The van der Waals surface area contributed by atoms with Crippen LogP contribution in [-0.4, -0.2) is 61.0 Å². The fourth-order valence-electron chi connectivity index (χ4n) is 6.16. The summed E-state index contributed by atoms with van der Waals surface area (Å²) in [5.41, 5.74) is 3.52. The number of ketones is 1. The van der Waals surface area contributed by atoms with Gasteiger partial charge in [0.25, 0.3) is 0 Å². The van der Waals surface area contributed by atoms with E-state index < -0.39 is 0 Å². The zero-order chi connectivity index (χ0) is 26.2. The molecule has 2 aliphatic heterocycles. The molecule has 3 aromatic rings. The van der Waals surface area contributed by atoms with Crippen LogP contribution in [0, 0.1) is 0 Å². The zero-order valence-electron chi connectivity index (χ0n) is 22.8. The van der Waals surface area contributed by atoms with Gasteiger partial charge in [-0.2, -0.15) is 0 Å². The van der Waals surface area contributed by atoms with E-state index in [0.717, 1.165) is 56.6 Å². The number of carbonyl (C=O) groups is 1. The molecule has 0 radical (unpaired) electrons. The van der Waals surface area contributed by atoms with Crippen LogP contribution in [0.15, 0.2) is 84.9 Å². The van der Waals surface area contributed by atoms with Crippen molar-refractivity contribution in [1.29, 1.82) is 0 Å². The number of hydrogen-bond donors (Lipinski definition) is 0. The van der Waals surface area contributed by atoms with Gasteiger partial charge in [-0.25, -0.2) is 0 Å². The van der Waals surface area contributed by atoms with Gasteiger partial charge in [-0.05, 0) is 75.4 Å². The van der Waals surface area contributed by atoms with E-state index in [1.807, 2.05) is 24.3 Å². The molecule has 2 heterocycles. The third-order valence-corrected chi connectivity index (χ3v) is 8.45. The van der Waals surface area contributed by atoms with E-state index in [-0.39, 0.29) is 11.9 Å². The molecule has 1 unspecified atom stereocenters. The average molecular weight is 511 g/mol. The Morgan fingerprint density at radius 3 is 2.18 bits per heavy atom. The molecule has 2 saturated heterocycles. The summed E-state index contributed by atoms with van der Waals surface area (Å²) < 4.78 is 6.38. The Labute approximate surface area is 228 Å². The molecule has 1 atom stereocenters. The van der Waals surface area contributed by atoms with Crippen molar-refractivity contribution in [2.75, 3.05) is 33.2 Å². The molecule has 0 spiro atoms. The highest BCUT2D eigenvalue weighted by Gasteiger charge is 2.25. The molecule has 38 heavy (non-hydrogen) atoms. The first kappa shape index (κ1) is 26.6. The second-order valence-corrected chi connectivity index (χ2v) is 11.1. The number of ether oxygens (including phenoxy) is 1. The van der Waals surface area contributed by atoms with Crippen LogP contribution < -0.4 is 4.74 Å². The Hall–Kier alpha value is -2.95. The van der Waals surface area contributed by atoms with Crippen LogP contribution in [0.25, 0.3) is 0 Å². The standard InChI is InChI=1S/C34H42N2O2/c1-35-22-10-17-30(35)16-9-19-34(37)29-15-8-18-32(25-29)38-31-20-23-36(24-21-31)26-33(27-11-4-2-5-12-27)28-13-6-3-7-14-28/h2-8,11-15,18,25,30-31,33H,9-10,16-17,19-24,26H2,1H3. The van der Waals surface area contributed by atoms with Crippen molar-refractivity contribution in [2.24, 2.45) is 0 Å². The second kappa shape index (κ2) is 13.2. The molecular formula is C34H42N2O2. The first-order valence-electron chi connectivity index (χ1n) is 14.5. The summed E-state index contributed by atoms with van der Waals surface area (Å²) in [6.07, 6.45) is 7.46. The fourth-order valence-corrected chi connectivity index (χ4v) is 6.16. The van der Waals surface area contributed by atoms with Gasteiger partial charge in [0, 0.05) is 43.6 Å². The highest BCUT2D eigenvalue weighted by Crippen LogP contribution is 2.28. The lowest BCUT2D eigenvalue weighted by Gasteiger charge is -2.34. The monoisotopic (exact) mass is 510 g/mol. The Morgan fingerprint density at radius 1 is 0.868 bits per heavy atom. The Bertz CT molecular complexity index is 1100. The molecule has 0 saturated carbocycles. The molecule has 0 aliphatic carbocycles. The number of rotatable bonds is 11. The van der Waals surface area contributed by atoms with Crippen LogP contribution in [0.2, 0.25) is 0 Å². The third kappa shape index (κ3) is 7.12. The Kier molecular flexibility index (Phi) is 9.27. The lowest BCUT2D eigenvalue weighted by Crippen LogP contribution is -2.40.